The summed E-state index contributed by atoms with van der Waals surface area (Å²) in [5.41, 5.74) is 0.0340. The lowest BCUT2D eigenvalue weighted by Crippen LogP contribution is -2.13. The fourth-order valence-corrected chi connectivity index (χ4v) is 2.67. The van der Waals surface area contributed by atoms with E-state index in [4.69, 9.17) is 4.42 Å². The zero-order chi connectivity index (χ0) is 19.9. The maximum Gasteiger partial charge on any atom is 0.322 e. The van der Waals surface area contributed by atoms with Gasteiger partial charge >= 0.3 is 16.2 Å². The Morgan fingerprint density at radius 1 is 0.889 bits per heavy atom. The lowest BCUT2D eigenvalue weighted by molar-refractivity contribution is 0.102. The third-order valence-corrected chi connectivity index (χ3v) is 4.46. The minimum Gasteiger partial charge on any atom is -0.403 e. The molecule has 0 aliphatic carbocycles. The lowest BCUT2D eigenvalue weighted by atomic mass is 10.2. The van der Waals surface area contributed by atoms with E-state index >= 15 is 0 Å². The minimum atomic E-state index is -9.81. The minimum absolute atomic E-state index is 0.0402. The Balaban J connectivity index is 1.76. The number of nitrogens with zero attached hydrogens (tertiary/aromatic N) is 2. The van der Waals surface area contributed by atoms with E-state index in [9.17, 15) is 28.6 Å². The van der Waals surface area contributed by atoms with Gasteiger partial charge in [-0.15, -0.1) is 5.10 Å². The molecule has 27 heavy (non-hydrogen) atoms. The first-order valence-corrected chi connectivity index (χ1v) is 9.02. The summed E-state index contributed by atoms with van der Waals surface area (Å²) in [6.07, 6.45) is 0. The van der Waals surface area contributed by atoms with Crippen LogP contribution in [-0.4, -0.2) is 16.1 Å². The fourth-order valence-electron chi connectivity index (χ4n) is 2.02. The van der Waals surface area contributed by atoms with Gasteiger partial charge in [0.05, 0.1) is 0 Å². The molecule has 0 radical (unpaired) electrons. The molecule has 144 valence electrons. The number of hydrogen-bond donors (Lipinski definition) is 1. The summed E-state index contributed by atoms with van der Waals surface area (Å²) in [4.78, 5) is 9.87. The molecular weight excluding hydrogens is 400 g/mol. The maximum absolute atomic E-state index is 12.9. The Labute approximate surface area is 147 Å². The van der Waals surface area contributed by atoms with E-state index in [1.807, 2.05) is 0 Å². The molecule has 1 aromatic heterocycles. The van der Waals surface area contributed by atoms with Crippen LogP contribution in [-0.2, 0) is 0 Å². The van der Waals surface area contributed by atoms with Crippen LogP contribution in [0.1, 0.15) is 10.4 Å². The molecule has 0 fully saturated rings. The molecule has 0 spiro atoms. The van der Waals surface area contributed by atoms with Crippen LogP contribution in [0.2, 0.25) is 0 Å². The van der Waals surface area contributed by atoms with Gasteiger partial charge in [-0.25, -0.2) is 4.39 Å². The second kappa shape index (κ2) is 5.49. The van der Waals surface area contributed by atoms with Crippen molar-refractivity contribution in [3.63, 3.8) is 0 Å². The standard InChI is InChI=1S/C15H9F6N3O2S/c16-11-5-1-10(2-6-11)14-23-24-15(26-14)22-13(25)9-3-7-12(8-4-9)27(17,18,19,20)21/h1-8H,(H,22,24,25). The molecule has 0 saturated heterocycles. The summed E-state index contributed by atoms with van der Waals surface area (Å²) in [7, 11) is -9.81. The second-order valence-corrected chi connectivity index (χ2v) is 7.78. The zero-order valence-electron chi connectivity index (χ0n) is 13.0. The summed E-state index contributed by atoms with van der Waals surface area (Å²) in [5, 5.41) is 9.28. The number of carbonyl (C=O) groups excluding carboxylic acids is 1. The molecule has 0 saturated carbocycles. The van der Waals surface area contributed by atoms with E-state index in [1.54, 1.807) is 0 Å². The Bertz CT molecular complexity index is 1000. The largest absolute Gasteiger partial charge is 0.403 e. The van der Waals surface area contributed by atoms with Crippen molar-refractivity contribution in [2.45, 2.75) is 4.90 Å². The maximum atomic E-state index is 12.9. The van der Waals surface area contributed by atoms with E-state index in [-0.39, 0.29) is 29.6 Å². The van der Waals surface area contributed by atoms with Crippen molar-refractivity contribution in [3.8, 4) is 11.5 Å². The molecule has 1 heterocycles. The van der Waals surface area contributed by atoms with Crippen LogP contribution in [0.25, 0.3) is 11.5 Å². The quantitative estimate of drug-likeness (QED) is 0.554. The van der Waals surface area contributed by atoms with Crippen LogP contribution in [0.15, 0.2) is 57.8 Å². The number of anilines is 1. The second-order valence-electron chi connectivity index (χ2n) is 5.37. The molecule has 5 nitrogen and oxygen atoms in total. The number of nitrogens with one attached hydrogen (secondary N) is 1. The van der Waals surface area contributed by atoms with E-state index in [0.29, 0.717) is 17.7 Å². The predicted octanol–water partition coefficient (Wildman–Crippen LogP) is 5.79. The first-order chi connectivity index (χ1) is 12.3. The SMILES string of the molecule is O=C(Nc1nnc(-c2ccc(F)cc2)o1)c1ccc(S(F)(F)(F)(F)F)cc1. The van der Waals surface area contributed by atoms with Gasteiger partial charge in [-0.3, -0.25) is 10.1 Å². The number of amides is 1. The van der Waals surface area contributed by atoms with E-state index in [0.717, 1.165) is 12.1 Å². The Morgan fingerprint density at radius 2 is 1.48 bits per heavy atom. The van der Waals surface area contributed by atoms with E-state index < -0.39 is 26.8 Å². The van der Waals surface area contributed by atoms with Crippen molar-refractivity contribution < 1.29 is 33.0 Å². The van der Waals surface area contributed by atoms with Crippen LogP contribution in [0.5, 0.6) is 0 Å². The molecule has 0 aliphatic rings. The van der Waals surface area contributed by atoms with Crippen LogP contribution in [0, 0.1) is 5.82 Å². The molecule has 2 aromatic carbocycles. The molecule has 1 amide bonds. The molecular formula is C15H9F6N3O2S. The number of carbonyl (C=O) groups is 1. The molecule has 0 aliphatic heterocycles. The highest BCUT2D eigenvalue weighted by atomic mass is 32.5. The van der Waals surface area contributed by atoms with Gasteiger partial charge in [0.15, 0.2) is 0 Å². The number of hydrogen-bond acceptors (Lipinski definition) is 4. The Kier molecular flexibility index (Phi) is 3.81. The summed E-state index contributed by atoms with van der Waals surface area (Å²) < 4.78 is 81.3. The van der Waals surface area contributed by atoms with Crippen molar-refractivity contribution in [1.82, 2.24) is 10.2 Å². The summed E-state index contributed by atoms with van der Waals surface area (Å²) in [5.74, 6) is -1.47. The van der Waals surface area contributed by atoms with Crippen LogP contribution >= 0.6 is 10.2 Å². The van der Waals surface area contributed by atoms with Gasteiger partial charge in [0, 0.05) is 11.1 Å². The zero-order valence-corrected chi connectivity index (χ0v) is 13.8. The Hall–Kier alpha value is -3.02. The highest BCUT2D eigenvalue weighted by molar-refractivity contribution is 8.45. The van der Waals surface area contributed by atoms with Crippen molar-refractivity contribution in [2.75, 3.05) is 5.32 Å². The van der Waals surface area contributed by atoms with Crippen molar-refractivity contribution in [2.24, 2.45) is 0 Å². The predicted molar refractivity (Wildman–Crippen MR) is 85.5 cm³/mol. The van der Waals surface area contributed by atoms with Gasteiger partial charge in [0.2, 0.25) is 5.89 Å². The number of rotatable bonds is 4. The van der Waals surface area contributed by atoms with Gasteiger partial charge in [0.1, 0.15) is 10.7 Å². The van der Waals surface area contributed by atoms with Crippen LogP contribution in [0.3, 0.4) is 0 Å². The summed E-state index contributed by atoms with van der Waals surface area (Å²) >= 11 is 0. The molecule has 0 atom stereocenters. The average Bonchev–Trinajstić information content (AvgIpc) is 3.02. The van der Waals surface area contributed by atoms with Crippen molar-refractivity contribution in [1.29, 1.82) is 0 Å². The molecule has 3 aromatic rings. The third-order valence-electron chi connectivity index (χ3n) is 3.30. The normalized spacial score (nSPS) is 14.3. The van der Waals surface area contributed by atoms with Crippen LogP contribution < -0.4 is 5.32 Å². The summed E-state index contributed by atoms with van der Waals surface area (Å²) in [6.45, 7) is 0. The molecule has 1 N–H and O–H groups in total. The van der Waals surface area contributed by atoms with Crippen molar-refractivity contribution >= 4 is 22.1 Å². The highest BCUT2D eigenvalue weighted by Crippen LogP contribution is 3.02. The van der Waals surface area contributed by atoms with E-state index in [2.05, 4.69) is 15.5 Å². The number of halogens is 6. The van der Waals surface area contributed by atoms with Gasteiger partial charge in [-0.05, 0) is 48.5 Å². The Morgan fingerprint density at radius 3 is 2.04 bits per heavy atom. The number of benzene rings is 2. The van der Waals surface area contributed by atoms with Gasteiger partial charge in [-0.1, -0.05) is 24.5 Å². The monoisotopic (exact) mass is 409 g/mol. The number of aromatic nitrogens is 2. The smallest absolute Gasteiger partial charge is 0.322 e. The average molecular weight is 409 g/mol. The van der Waals surface area contributed by atoms with Gasteiger partial charge < -0.3 is 4.42 Å². The first kappa shape index (κ1) is 18.8. The highest BCUT2D eigenvalue weighted by Gasteiger charge is 2.65. The van der Waals surface area contributed by atoms with Gasteiger partial charge in [-0.2, -0.15) is 0 Å². The molecule has 0 unspecified atom stereocenters. The lowest BCUT2D eigenvalue weighted by Gasteiger charge is -2.40. The molecule has 0 bridgehead atoms. The fraction of sp³-hybridized carbons (Fsp3) is 0. The summed E-state index contributed by atoms with van der Waals surface area (Å²) in [6, 6.07) is 6.06. The molecule has 12 heteroatoms. The first-order valence-electron chi connectivity index (χ1n) is 7.07. The molecule has 3 rings (SSSR count). The van der Waals surface area contributed by atoms with E-state index in [1.165, 1.54) is 12.1 Å². The van der Waals surface area contributed by atoms with Crippen LogP contribution in [0.4, 0.5) is 29.8 Å². The topological polar surface area (TPSA) is 68.0 Å². The third kappa shape index (κ3) is 4.39. The van der Waals surface area contributed by atoms with Gasteiger partial charge in [0.25, 0.3) is 5.91 Å². The van der Waals surface area contributed by atoms with Crippen molar-refractivity contribution in [3.05, 3.63) is 59.9 Å².